The number of nitrogens with two attached hydrogens (primary N) is 1. The van der Waals surface area contributed by atoms with E-state index in [2.05, 4.69) is 31.7 Å². The zero-order valence-corrected chi connectivity index (χ0v) is 9.02. The molecule has 0 aliphatic rings. The van der Waals surface area contributed by atoms with Crippen LogP contribution in [0.5, 0.6) is 0 Å². The number of rotatable bonds is 2. The third-order valence-corrected chi connectivity index (χ3v) is 1.27. The maximum Gasteiger partial charge on any atom is 0.0436 e. The molecular weight excluding hydrogens is 152 g/mol. The van der Waals surface area contributed by atoms with Crippen LogP contribution in [0.15, 0.2) is 0 Å². The fraction of sp³-hybridized carbons (Fsp3) is 1.00. The van der Waals surface area contributed by atoms with Crippen molar-refractivity contribution in [3.63, 3.8) is 0 Å². The average Bonchev–Trinajstić information content (AvgIpc) is 1.78. The first kappa shape index (κ1) is 11.8. The van der Waals surface area contributed by atoms with Crippen LogP contribution in [0.4, 0.5) is 0 Å². The van der Waals surface area contributed by atoms with Crippen molar-refractivity contribution in [3.8, 4) is 0 Å². The molecule has 0 aliphatic heterocycles. The molecule has 4 N–H and O–H groups in total. The Bertz CT molecular complexity index is 131. The first-order valence-electron chi connectivity index (χ1n) is 4.21. The Kier molecular flexibility index (Phi) is 3.65. The number of hydrogen-bond acceptors (Lipinski definition) is 4. The minimum Gasteiger partial charge on any atom is -0.253 e. The Hall–Kier alpha value is -0.160. The first-order valence-corrected chi connectivity index (χ1v) is 4.21. The lowest BCUT2D eigenvalue weighted by molar-refractivity contribution is 0.0333. The second-order valence-corrected chi connectivity index (χ2v) is 5.03. The van der Waals surface area contributed by atoms with Crippen molar-refractivity contribution in [1.82, 2.24) is 16.1 Å². The summed E-state index contributed by atoms with van der Waals surface area (Å²) in [5.41, 5.74) is 5.93. The van der Waals surface area contributed by atoms with Gasteiger partial charge in [0.2, 0.25) is 0 Å². The molecule has 0 heterocycles. The van der Waals surface area contributed by atoms with Crippen molar-refractivity contribution >= 4 is 0 Å². The zero-order valence-electron chi connectivity index (χ0n) is 9.02. The Morgan fingerprint density at radius 2 is 1.42 bits per heavy atom. The Morgan fingerprint density at radius 3 is 1.67 bits per heavy atom. The Balaban J connectivity index is 3.80. The van der Waals surface area contributed by atoms with Gasteiger partial charge >= 0.3 is 0 Å². The third kappa shape index (κ3) is 5.49. The topological polar surface area (TPSA) is 53.3 Å². The fourth-order valence-corrected chi connectivity index (χ4v) is 0.396. The van der Waals surface area contributed by atoms with Crippen LogP contribution in [-0.4, -0.2) is 16.2 Å². The van der Waals surface area contributed by atoms with E-state index in [0.717, 1.165) is 0 Å². The summed E-state index contributed by atoms with van der Waals surface area (Å²) in [4.78, 5) is 0. The second-order valence-electron chi connectivity index (χ2n) is 5.03. The van der Waals surface area contributed by atoms with Gasteiger partial charge in [0, 0.05) is 11.1 Å². The van der Waals surface area contributed by atoms with E-state index in [1.165, 1.54) is 0 Å². The smallest absolute Gasteiger partial charge is 0.0436 e. The van der Waals surface area contributed by atoms with Gasteiger partial charge in [0.05, 0.1) is 0 Å². The molecule has 4 heteroatoms. The summed E-state index contributed by atoms with van der Waals surface area (Å²) in [6.07, 6.45) is 0. The zero-order chi connectivity index (χ0) is 9.99. The molecular formula is C8H22N4. The quantitative estimate of drug-likeness (QED) is 0.427. The highest BCUT2D eigenvalue weighted by atomic mass is 15.8. The van der Waals surface area contributed by atoms with Crippen LogP contribution in [0.3, 0.4) is 0 Å². The minimum atomic E-state index is -0.0851. The standard InChI is InChI=1S/C8H22N4/c1-7(2,3)10-11-12(9)8(4,5)6/h10-11H,9H2,1-6H3. The molecule has 12 heavy (non-hydrogen) atoms. The van der Waals surface area contributed by atoms with Crippen molar-refractivity contribution in [2.45, 2.75) is 52.6 Å². The first-order chi connectivity index (χ1) is 5.13. The number of nitrogens with one attached hydrogen (secondary N) is 2. The van der Waals surface area contributed by atoms with Gasteiger partial charge in [0.1, 0.15) is 0 Å². The maximum absolute atomic E-state index is 5.72. The summed E-state index contributed by atoms with van der Waals surface area (Å²) >= 11 is 0. The molecule has 0 aromatic rings. The van der Waals surface area contributed by atoms with Crippen LogP contribution in [-0.2, 0) is 0 Å². The van der Waals surface area contributed by atoms with Crippen molar-refractivity contribution in [1.29, 1.82) is 0 Å². The summed E-state index contributed by atoms with van der Waals surface area (Å²) in [7, 11) is 0. The van der Waals surface area contributed by atoms with E-state index in [4.69, 9.17) is 5.84 Å². The summed E-state index contributed by atoms with van der Waals surface area (Å²) in [6.45, 7) is 12.3. The predicted octanol–water partition coefficient (Wildman–Crippen LogP) is 0.768. The second kappa shape index (κ2) is 3.70. The molecule has 0 fully saturated rings. The molecule has 0 unspecified atom stereocenters. The molecule has 0 aromatic carbocycles. The van der Waals surface area contributed by atoms with E-state index in [0.29, 0.717) is 0 Å². The Labute approximate surface area is 75.4 Å². The van der Waals surface area contributed by atoms with Crippen LogP contribution < -0.4 is 16.8 Å². The monoisotopic (exact) mass is 174 g/mol. The van der Waals surface area contributed by atoms with E-state index in [-0.39, 0.29) is 11.1 Å². The van der Waals surface area contributed by atoms with Crippen LogP contribution in [0.1, 0.15) is 41.5 Å². The van der Waals surface area contributed by atoms with Crippen molar-refractivity contribution in [2.24, 2.45) is 5.84 Å². The summed E-state index contributed by atoms with van der Waals surface area (Å²) in [6, 6.07) is 0. The van der Waals surface area contributed by atoms with Crippen LogP contribution in [0.25, 0.3) is 0 Å². The third-order valence-electron chi connectivity index (χ3n) is 1.27. The molecule has 0 bridgehead atoms. The molecule has 0 atom stereocenters. The number of hydrogen-bond donors (Lipinski definition) is 3. The van der Waals surface area contributed by atoms with E-state index in [1.54, 1.807) is 5.12 Å². The highest BCUT2D eigenvalue weighted by molar-refractivity contribution is 4.70. The van der Waals surface area contributed by atoms with E-state index >= 15 is 0 Å². The largest absolute Gasteiger partial charge is 0.253 e. The van der Waals surface area contributed by atoms with Gasteiger partial charge in [0.15, 0.2) is 0 Å². The highest BCUT2D eigenvalue weighted by Crippen LogP contribution is 2.04. The highest BCUT2D eigenvalue weighted by Gasteiger charge is 2.19. The van der Waals surface area contributed by atoms with Gasteiger partial charge in [-0.05, 0) is 41.5 Å². The number of nitrogens with zero attached hydrogens (tertiary/aromatic N) is 1. The van der Waals surface area contributed by atoms with Crippen LogP contribution in [0, 0.1) is 0 Å². The van der Waals surface area contributed by atoms with Crippen LogP contribution in [0.2, 0.25) is 0 Å². The molecule has 0 saturated carbocycles. The molecule has 0 aromatic heterocycles. The average molecular weight is 174 g/mol. The lowest BCUT2D eigenvalue weighted by atomic mass is 10.1. The normalized spacial score (nSPS) is 14.0. The predicted molar refractivity (Wildman–Crippen MR) is 51.8 cm³/mol. The van der Waals surface area contributed by atoms with Gasteiger partial charge in [0.25, 0.3) is 0 Å². The van der Waals surface area contributed by atoms with Gasteiger partial charge in [-0.15, -0.1) is 0 Å². The van der Waals surface area contributed by atoms with Gasteiger partial charge < -0.3 is 0 Å². The molecule has 0 aliphatic carbocycles. The molecule has 0 rings (SSSR count). The summed E-state index contributed by atoms with van der Waals surface area (Å²) in [5.74, 6) is 5.72. The summed E-state index contributed by atoms with van der Waals surface area (Å²) in [5, 5.41) is 1.55. The lowest BCUT2D eigenvalue weighted by Gasteiger charge is -2.34. The fourth-order valence-electron chi connectivity index (χ4n) is 0.396. The minimum absolute atomic E-state index is 0.0167. The van der Waals surface area contributed by atoms with Gasteiger partial charge in [-0.3, -0.25) is 5.84 Å². The van der Waals surface area contributed by atoms with Gasteiger partial charge in [-0.25, -0.2) is 5.43 Å². The summed E-state index contributed by atoms with van der Waals surface area (Å²) < 4.78 is 0. The molecule has 4 nitrogen and oxygen atoms in total. The van der Waals surface area contributed by atoms with E-state index in [9.17, 15) is 0 Å². The molecule has 74 valence electrons. The van der Waals surface area contributed by atoms with Crippen molar-refractivity contribution in [2.75, 3.05) is 0 Å². The van der Waals surface area contributed by atoms with Gasteiger partial charge in [-0.1, -0.05) is 0 Å². The van der Waals surface area contributed by atoms with E-state index < -0.39 is 0 Å². The molecule has 0 saturated heterocycles. The number of hydrazine groups is 3. The van der Waals surface area contributed by atoms with Crippen molar-refractivity contribution < 1.29 is 0 Å². The van der Waals surface area contributed by atoms with Crippen molar-refractivity contribution in [3.05, 3.63) is 0 Å². The van der Waals surface area contributed by atoms with E-state index in [1.807, 2.05) is 20.8 Å². The molecule has 0 amide bonds. The maximum atomic E-state index is 5.72. The lowest BCUT2D eigenvalue weighted by Crippen LogP contribution is -2.63. The Morgan fingerprint density at radius 1 is 1.00 bits per heavy atom. The molecule has 0 radical (unpaired) electrons. The van der Waals surface area contributed by atoms with Gasteiger partial charge in [-0.2, -0.15) is 10.7 Å². The van der Waals surface area contributed by atoms with Crippen LogP contribution >= 0.6 is 0 Å². The molecule has 0 spiro atoms. The SMILES string of the molecule is CC(C)(C)NNN(N)C(C)(C)C.